The van der Waals surface area contributed by atoms with Crippen LogP contribution in [-0.2, 0) is 4.79 Å². The van der Waals surface area contributed by atoms with Crippen LogP contribution in [0.15, 0.2) is 18.2 Å². The smallest absolute Gasteiger partial charge is 0.236 e. The molecule has 1 aromatic carbocycles. The van der Waals surface area contributed by atoms with E-state index < -0.39 is 0 Å². The molecule has 0 saturated heterocycles. The van der Waals surface area contributed by atoms with Crippen LogP contribution in [-0.4, -0.2) is 18.5 Å². The molecule has 0 bridgehead atoms. The Hall–Kier alpha value is -1.71. The van der Waals surface area contributed by atoms with Gasteiger partial charge in [-0.05, 0) is 44.5 Å². The number of anilines is 2. The second kappa shape index (κ2) is 4.88. The van der Waals surface area contributed by atoms with E-state index in [1.54, 1.807) is 0 Å². The van der Waals surface area contributed by atoms with E-state index in [0.29, 0.717) is 0 Å². The van der Waals surface area contributed by atoms with Crippen LogP contribution in [0.3, 0.4) is 0 Å². The molecule has 0 unspecified atom stereocenters. The summed E-state index contributed by atoms with van der Waals surface area (Å²) in [6.45, 7) is 6.21. The van der Waals surface area contributed by atoms with Crippen molar-refractivity contribution >= 4 is 17.3 Å². The van der Waals surface area contributed by atoms with Gasteiger partial charge in [-0.25, -0.2) is 0 Å². The summed E-state index contributed by atoms with van der Waals surface area (Å²) in [5.74, 6) is -0.330. The van der Waals surface area contributed by atoms with Gasteiger partial charge in [0, 0.05) is 17.4 Å². The fourth-order valence-corrected chi connectivity index (χ4v) is 1.58. The topological polar surface area (TPSA) is 72.3 Å². The van der Waals surface area contributed by atoms with Crippen molar-refractivity contribution in [1.82, 2.24) is 0 Å². The fraction of sp³-hybridized carbons (Fsp3) is 0.417. The maximum atomic E-state index is 11.0. The molecule has 0 aliphatic rings. The van der Waals surface area contributed by atoms with Crippen molar-refractivity contribution in [3.05, 3.63) is 23.8 Å². The molecule has 0 aliphatic carbocycles. The van der Waals surface area contributed by atoms with Gasteiger partial charge in [0.25, 0.3) is 0 Å². The number of hydrogen-bond acceptors (Lipinski definition) is 3. The third kappa shape index (κ3) is 2.89. The van der Waals surface area contributed by atoms with Gasteiger partial charge in [0.1, 0.15) is 0 Å². The minimum Gasteiger partial charge on any atom is -0.399 e. The first-order valence-electron chi connectivity index (χ1n) is 5.33. The molecule has 1 aromatic rings. The van der Waals surface area contributed by atoms with Crippen LogP contribution in [0.4, 0.5) is 11.4 Å². The normalized spacial score (nSPS) is 10.5. The lowest BCUT2D eigenvalue weighted by Crippen LogP contribution is -2.38. The average Bonchev–Trinajstić information content (AvgIpc) is 2.18. The van der Waals surface area contributed by atoms with Gasteiger partial charge >= 0.3 is 0 Å². The molecular formula is C12H19N3O. The van der Waals surface area contributed by atoms with E-state index in [1.165, 1.54) is 0 Å². The number of carbonyl (C=O) groups is 1. The second-order valence-electron chi connectivity index (χ2n) is 4.23. The Morgan fingerprint density at radius 2 is 2.06 bits per heavy atom. The number of benzene rings is 1. The lowest BCUT2D eigenvalue weighted by Gasteiger charge is -2.28. The molecule has 4 nitrogen and oxygen atoms in total. The third-order valence-electron chi connectivity index (χ3n) is 2.53. The summed E-state index contributed by atoms with van der Waals surface area (Å²) in [6, 6.07) is 5.94. The van der Waals surface area contributed by atoms with Gasteiger partial charge in [-0.1, -0.05) is 0 Å². The van der Waals surface area contributed by atoms with Gasteiger partial charge in [-0.3, -0.25) is 4.79 Å². The average molecular weight is 221 g/mol. The predicted molar refractivity (Wildman–Crippen MR) is 67.3 cm³/mol. The maximum absolute atomic E-state index is 11.0. The van der Waals surface area contributed by atoms with Crippen molar-refractivity contribution in [2.45, 2.75) is 26.8 Å². The fourth-order valence-electron chi connectivity index (χ4n) is 1.58. The van der Waals surface area contributed by atoms with Gasteiger partial charge < -0.3 is 16.4 Å². The standard InChI is InChI=1S/C12H19N3O/c1-8(2)15(7-12(14)16)10-4-5-11(13)9(3)6-10/h4-6,8H,7,13H2,1-3H3,(H2,14,16). The van der Waals surface area contributed by atoms with E-state index >= 15 is 0 Å². The van der Waals surface area contributed by atoms with E-state index in [4.69, 9.17) is 11.5 Å². The first-order chi connectivity index (χ1) is 7.41. The highest BCUT2D eigenvalue weighted by Crippen LogP contribution is 2.21. The zero-order chi connectivity index (χ0) is 12.3. The molecule has 0 saturated carbocycles. The summed E-state index contributed by atoms with van der Waals surface area (Å²) in [5.41, 5.74) is 13.7. The number of carbonyl (C=O) groups excluding carboxylic acids is 1. The van der Waals surface area contributed by atoms with E-state index in [0.717, 1.165) is 16.9 Å². The van der Waals surface area contributed by atoms with Crippen molar-refractivity contribution < 1.29 is 4.79 Å². The van der Waals surface area contributed by atoms with Crippen LogP contribution in [0.2, 0.25) is 0 Å². The van der Waals surface area contributed by atoms with Gasteiger partial charge in [0.05, 0.1) is 6.54 Å². The van der Waals surface area contributed by atoms with Crippen LogP contribution in [0.25, 0.3) is 0 Å². The SMILES string of the molecule is Cc1cc(N(CC(N)=O)C(C)C)ccc1N. The van der Waals surface area contributed by atoms with Crippen molar-refractivity contribution in [1.29, 1.82) is 0 Å². The molecule has 0 radical (unpaired) electrons. The summed E-state index contributed by atoms with van der Waals surface area (Å²) >= 11 is 0. The summed E-state index contributed by atoms with van der Waals surface area (Å²) in [6.07, 6.45) is 0. The van der Waals surface area contributed by atoms with Crippen molar-refractivity contribution in [3.63, 3.8) is 0 Å². The first kappa shape index (κ1) is 12.4. The predicted octanol–water partition coefficient (Wildman–Crippen LogP) is 1.28. The van der Waals surface area contributed by atoms with E-state index in [1.807, 2.05) is 43.9 Å². The maximum Gasteiger partial charge on any atom is 0.236 e. The zero-order valence-electron chi connectivity index (χ0n) is 10.0. The van der Waals surface area contributed by atoms with Crippen LogP contribution in [0.1, 0.15) is 19.4 Å². The lowest BCUT2D eigenvalue weighted by molar-refractivity contribution is -0.116. The van der Waals surface area contributed by atoms with Gasteiger partial charge in [0.15, 0.2) is 0 Å². The molecule has 0 aliphatic heterocycles. The quantitative estimate of drug-likeness (QED) is 0.752. The number of primary amides is 1. The Kier molecular flexibility index (Phi) is 3.77. The summed E-state index contributed by atoms with van der Waals surface area (Å²) in [7, 11) is 0. The zero-order valence-corrected chi connectivity index (χ0v) is 10.0. The van der Waals surface area contributed by atoms with Gasteiger partial charge in [-0.2, -0.15) is 0 Å². The Balaban J connectivity index is 3.01. The van der Waals surface area contributed by atoms with E-state index in [2.05, 4.69) is 0 Å². The van der Waals surface area contributed by atoms with Crippen LogP contribution >= 0.6 is 0 Å². The Labute approximate surface area is 96.2 Å². The first-order valence-corrected chi connectivity index (χ1v) is 5.33. The molecule has 1 amide bonds. The Morgan fingerprint density at radius 1 is 1.44 bits per heavy atom. The third-order valence-corrected chi connectivity index (χ3v) is 2.53. The van der Waals surface area contributed by atoms with Gasteiger partial charge in [0.2, 0.25) is 5.91 Å². The minimum absolute atomic E-state index is 0.218. The number of aryl methyl sites for hydroxylation is 1. The summed E-state index contributed by atoms with van der Waals surface area (Å²) in [4.78, 5) is 12.9. The number of rotatable bonds is 4. The lowest BCUT2D eigenvalue weighted by atomic mass is 10.1. The molecule has 4 N–H and O–H groups in total. The molecule has 0 aromatic heterocycles. The second-order valence-corrected chi connectivity index (χ2v) is 4.23. The summed E-state index contributed by atoms with van der Waals surface area (Å²) < 4.78 is 0. The van der Waals surface area contributed by atoms with E-state index in [9.17, 15) is 4.79 Å². The van der Waals surface area contributed by atoms with Crippen molar-refractivity contribution in [2.24, 2.45) is 5.73 Å². The van der Waals surface area contributed by atoms with E-state index in [-0.39, 0.29) is 18.5 Å². The Morgan fingerprint density at radius 3 is 2.50 bits per heavy atom. The molecule has 0 spiro atoms. The number of hydrogen-bond donors (Lipinski definition) is 2. The highest BCUT2D eigenvalue weighted by atomic mass is 16.1. The van der Waals surface area contributed by atoms with Crippen LogP contribution in [0, 0.1) is 6.92 Å². The molecule has 88 valence electrons. The molecular weight excluding hydrogens is 202 g/mol. The van der Waals surface area contributed by atoms with Crippen LogP contribution in [0.5, 0.6) is 0 Å². The monoisotopic (exact) mass is 221 g/mol. The van der Waals surface area contributed by atoms with Crippen LogP contribution < -0.4 is 16.4 Å². The number of nitrogens with zero attached hydrogens (tertiary/aromatic N) is 1. The largest absolute Gasteiger partial charge is 0.399 e. The molecule has 0 heterocycles. The highest BCUT2D eigenvalue weighted by molar-refractivity contribution is 5.80. The minimum atomic E-state index is -0.330. The molecule has 4 heteroatoms. The number of nitrogen functional groups attached to an aromatic ring is 1. The Bertz CT molecular complexity index is 388. The molecule has 1 rings (SSSR count). The van der Waals surface area contributed by atoms with Crippen molar-refractivity contribution in [2.75, 3.05) is 17.2 Å². The van der Waals surface area contributed by atoms with Crippen molar-refractivity contribution in [3.8, 4) is 0 Å². The summed E-state index contributed by atoms with van der Waals surface area (Å²) in [5, 5.41) is 0. The highest BCUT2D eigenvalue weighted by Gasteiger charge is 2.13. The van der Waals surface area contributed by atoms with Gasteiger partial charge in [-0.15, -0.1) is 0 Å². The number of amides is 1. The molecule has 0 atom stereocenters. The molecule has 16 heavy (non-hydrogen) atoms. The molecule has 0 fully saturated rings. The number of nitrogens with two attached hydrogens (primary N) is 2.